The molecule has 0 spiro atoms. The predicted molar refractivity (Wildman–Crippen MR) is 183 cm³/mol. The number of benzene rings is 1. The van der Waals surface area contributed by atoms with E-state index < -0.39 is 59.8 Å². The van der Waals surface area contributed by atoms with E-state index in [1.807, 2.05) is 0 Å². The van der Waals surface area contributed by atoms with Crippen LogP contribution in [0.3, 0.4) is 0 Å². The molecule has 1 aliphatic heterocycles. The van der Waals surface area contributed by atoms with Gasteiger partial charge in [0.15, 0.2) is 6.10 Å². The van der Waals surface area contributed by atoms with E-state index >= 15 is 0 Å². The van der Waals surface area contributed by atoms with Crippen molar-refractivity contribution < 1.29 is 43.3 Å². The Hall–Kier alpha value is -4.07. The molecule has 2 bridgehead atoms. The molecule has 3 rings (SSSR count). The third-order valence-electron chi connectivity index (χ3n) is 8.16. The van der Waals surface area contributed by atoms with Crippen molar-refractivity contribution in [2.24, 2.45) is 17.6 Å². The van der Waals surface area contributed by atoms with Crippen LogP contribution in [0.1, 0.15) is 50.9 Å². The number of halogens is 2. The Bertz CT molecular complexity index is 1630. The number of aliphatic hydroxyl groups excluding tert-OH is 1. The Morgan fingerprint density at radius 2 is 1.69 bits per heavy atom. The van der Waals surface area contributed by atoms with Crippen LogP contribution >= 0.6 is 23.2 Å². The molecule has 14 heteroatoms. The van der Waals surface area contributed by atoms with Gasteiger partial charge in [-0.05, 0) is 56.4 Å². The van der Waals surface area contributed by atoms with Gasteiger partial charge >= 0.3 is 6.09 Å². The van der Waals surface area contributed by atoms with Gasteiger partial charge in [0.25, 0.3) is 11.8 Å². The molecule has 0 radical (unpaired) electrons. The first-order valence-electron chi connectivity index (χ1n) is 15.4. The largest absolute Gasteiger partial charge is 0.439 e. The fraction of sp³-hybridized carbons (Fsp3) is 0.400. The summed E-state index contributed by atoms with van der Waals surface area (Å²) in [5.41, 5.74) is 5.54. The highest BCUT2D eigenvalue weighted by Gasteiger charge is 2.34. The zero-order valence-electron chi connectivity index (χ0n) is 28.0. The number of aliphatic hydroxyl groups is 1. The van der Waals surface area contributed by atoms with Crippen molar-refractivity contribution in [3.05, 3.63) is 92.3 Å². The average molecular weight is 719 g/mol. The first-order valence-corrected chi connectivity index (χ1v) is 16.2. The minimum Gasteiger partial charge on any atom is -0.439 e. The van der Waals surface area contributed by atoms with E-state index in [-0.39, 0.29) is 56.9 Å². The van der Waals surface area contributed by atoms with Crippen molar-refractivity contribution in [3.63, 3.8) is 0 Å². The zero-order chi connectivity index (χ0) is 36.6. The highest BCUT2D eigenvalue weighted by atomic mass is 35.5. The smallest absolute Gasteiger partial charge is 0.405 e. The lowest BCUT2D eigenvalue weighted by molar-refractivity contribution is -0.120. The molecule has 0 fully saturated rings. The summed E-state index contributed by atoms with van der Waals surface area (Å²) < 4.78 is 16.6. The number of rotatable bonds is 5. The summed E-state index contributed by atoms with van der Waals surface area (Å²) in [6.45, 7) is 6.75. The number of ether oxygens (including phenoxy) is 3. The number of Topliss-reactive ketones (excluding diaryl/α,β-unsaturated/α-hetero) is 1. The summed E-state index contributed by atoms with van der Waals surface area (Å²) in [6, 6.07) is 4.17. The molecule has 0 aromatic heterocycles. The van der Waals surface area contributed by atoms with Crippen molar-refractivity contribution in [3.8, 4) is 0 Å². The maximum atomic E-state index is 13.9. The number of hydrogen-bond donors (Lipinski definition) is 4. The molecule has 264 valence electrons. The Morgan fingerprint density at radius 3 is 2.29 bits per heavy atom. The third-order valence-corrected chi connectivity index (χ3v) is 8.59. The summed E-state index contributed by atoms with van der Waals surface area (Å²) in [5.74, 6) is -3.69. The summed E-state index contributed by atoms with van der Waals surface area (Å²) in [7, 11) is 2.84. The van der Waals surface area contributed by atoms with E-state index in [9.17, 15) is 29.1 Å². The summed E-state index contributed by atoms with van der Waals surface area (Å²) >= 11 is 12.1. The number of fused-ring (bicyclic) bond motifs is 2. The fourth-order valence-corrected chi connectivity index (χ4v) is 6.12. The zero-order valence-corrected chi connectivity index (χ0v) is 29.6. The van der Waals surface area contributed by atoms with Gasteiger partial charge in [-0.2, -0.15) is 0 Å². The predicted octanol–water partition coefficient (Wildman–Crippen LogP) is 4.50. The molecule has 0 unspecified atom stereocenters. The number of carbonyl (C=O) groups is 5. The Balaban J connectivity index is 2.10. The molecule has 2 aliphatic rings. The van der Waals surface area contributed by atoms with E-state index in [2.05, 4.69) is 10.6 Å². The van der Waals surface area contributed by atoms with Crippen molar-refractivity contribution in [2.45, 2.75) is 65.0 Å². The molecule has 49 heavy (non-hydrogen) atoms. The molecule has 1 aromatic rings. The number of carbonyl (C=O) groups excluding carboxylic acids is 5. The van der Waals surface area contributed by atoms with Gasteiger partial charge in [0.1, 0.15) is 6.10 Å². The Morgan fingerprint density at radius 1 is 1.04 bits per heavy atom. The second kappa shape index (κ2) is 17.5. The number of hydrogen-bond acceptors (Lipinski definition) is 9. The molecule has 12 nitrogen and oxygen atoms in total. The minimum atomic E-state index is -1.06. The molecule has 0 saturated carbocycles. The second-order valence-electron chi connectivity index (χ2n) is 12.0. The number of nitrogens with one attached hydrogen (secondary N) is 2. The Labute approximate surface area is 295 Å². The topological polar surface area (TPSA) is 183 Å². The molecule has 1 heterocycles. The van der Waals surface area contributed by atoms with Crippen molar-refractivity contribution in [1.82, 2.24) is 10.6 Å². The normalized spacial score (nSPS) is 28.8. The van der Waals surface area contributed by atoms with Gasteiger partial charge in [-0.15, -0.1) is 0 Å². The molecule has 1 aromatic carbocycles. The lowest BCUT2D eigenvalue weighted by Crippen LogP contribution is -2.38. The van der Waals surface area contributed by atoms with E-state index in [1.54, 1.807) is 32.9 Å². The number of amides is 3. The lowest BCUT2D eigenvalue weighted by Gasteiger charge is -2.30. The van der Waals surface area contributed by atoms with Crippen LogP contribution in [-0.4, -0.2) is 73.2 Å². The highest BCUT2D eigenvalue weighted by molar-refractivity contribution is 6.35. The van der Waals surface area contributed by atoms with Gasteiger partial charge in [-0.3, -0.25) is 19.2 Å². The molecule has 1 aliphatic carbocycles. The highest BCUT2D eigenvalue weighted by Crippen LogP contribution is 2.29. The maximum Gasteiger partial charge on any atom is 0.405 e. The second-order valence-corrected chi connectivity index (χ2v) is 12.9. The van der Waals surface area contributed by atoms with E-state index in [0.717, 1.165) is 6.08 Å². The van der Waals surface area contributed by atoms with Crippen LogP contribution in [0, 0.1) is 11.8 Å². The van der Waals surface area contributed by atoms with Gasteiger partial charge in [-0.25, -0.2) is 4.79 Å². The van der Waals surface area contributed by atoms with Crippen LogP contribution in [0.2, 0.25) is 10.0 Å². The first kappa shape index (κ1) is 39.4. The molecular weight excluding hydrogens is 677 g/mol. The summed E-state index contributed by atoms with van der Waals surface area (Å²) in [6.07, 6.45) is 2.74. The molecule has 3 amide bonds. The SMILES string of the molecule is CO[C@H]1/C=C\C=C(/C)C(=O)NC2=CC(=O)C(NC(=O)c3cc(Cl)cc(Cl)c3)=C(C[C@@H](C)C[C@H](OC)[C@H](O)[C@@H](C)/C=C(\C)[C@@H]1OC(N)=O)C2=O. The van der Waals surface area contributed by atoms with Gasteiger partial charge in [0.05, 0.1) is 23.6 Å². The van der Waals surface area contributed by atoms with Crippen molar-refractivity contribution in [2.75, 3.05) is 14.2 Å². The number of ketones is 2. The number of allylic oxidation sites excluding steroid dienone is 4. The quantitative estimate of drug-likeness (QED) is 0.252. The summed E-state index contributed by atoms with van der Waals surface area (Å²) in [4.78, 5) is 65.5. The van der Waals surface area contributed by atoms with E-state index in [0.29, 0.717) is 5.57 Å². The van der Waals surface area contributed by atoms with Crippen LogP contribution in [0.5, 0.6) is 0 Å². The lowest BCUT2D eigenvalue weighted by atomic mass is 9.85. The van der Waals surface area contributed by atoms with Crippen LogP contribution < -0.4 is 16.4 Å². The molecule has 6 atom stereocenters. The first-order chi connectivity index (χ1) is 23.1. The van der Waals surface area contributed by atoms with Crippen LogP contribution in [-0.2, 0) is 28.6 Å². The monoisotopic (exact) mass is 717 g/mol. The van der Waals surface area contributed by atoms with Crippen LogP contribution in [0.15, 0.2) is 76.7 Å². The number of primary amides is 1. The van der Waals surface area contributed by atoms with E-state index in [1.165, 1.54) is 51.5 Å². The van der Waals surface area contributed by atoms with Crippen LogP contribution in [0.4, 0.5) is 4.79 Å². The van der Waals surface area contributed by atoms with Gasteiger partial charge in [0.2, 0.25) is 11.6 Å². The Kier molecular flexibility index (Phi) is 14.1. The fourth-order valence-electron chi connectivity index (χ4n) is 5.59. The van der Waals surface area contributed by atoms with Crippen molar-refractivity contribution in [1.29, 1.82) is 0 Å². The number of nitrogens with two attached hydrogens (primary N) is 1. The third kappa shape index (κ3) is 10.5. The molecule has 5 N–H and O–H groups in total. The van der Waals surface area contributed by atoms with E-state index in [4.69, 9.17) is 43.1 Å². The summed E-state index contributed by atoms with van der Waals surface area (Å²) in [5, 5.41) is 16.8. The van der Waals surface area contributed by atoms with Gasteiger partial charge < -0.3 is 35.7 Å². The average Bonchev–Trinajstić information content (AvgIpc) is 3.03. The van der Waals surface area contributed by atoms with Crippen molar-refractivity contribution >= 4 is 52.7 Å². The minimum absolute atomic E-state index is 0.0267. The van der Waals surface area contributed by atoms with Gasteiger partial charge in [0, 0.05) is 53.0 Å². The van der Waals surface area contributed by atoms with Crippen LogP contribution in [0.25, 0.3) is 0 Å². The number of methoxy groups -OCH3 is 2. The molecule has 0 saturated heterocycles. The standard InChI is InChI=1S/C35H41Cl2N3O9/c1-17-10-24-29(40-34(45)21-13-22(36)15-23(37)14-21)26(41)16-25(31(24)43)39-33(44)18(2)8-7-9-27(47-5)32(49-35(38)46)20(4)12-19(3)30(42)28(11-17)48-6/h7-9,12-17,19,27-28,30,32,42H,10-11H2,1-6H3,(H2,38,46)(H,39,44)(H,40,45)/b9-7-,18-8+,20-12+/t17-,19+,27+,28+,30-,32+/m1/s1. The maximum absolute atomic E-state index is 13.9. The molecular formula is C35H41Cl2N3O9. The van der Waals surface area contributed by atoms with Gasteiger partial charge in [-0.1, -0.05) is 61.4 Å².